The summed E-state index contributed by atoms with van der Waals surface area (Å²) in [6, 6.07) is 0. The SMILES string of the molecule is CCCCCCCCC(C(=O)OC)C(C)C=O. The summed E-state index contributed by atoms with van der Waals surface area (Å²) in [6.45, 7) is 3.98. The van der Waals surface area contributed by atoms with Crippen LogP contribution in [0.15, 0.2) is 0 Å². The third kappa shape index (κ3) is 7.14. The van der Waals surface area contributed by atoms with Crippen LogP contribution in [0.2, 0.25) is 0 Å². The van der Waals surface area contributed by atoms with Gasteiger partial charge in [0.2, 0.25) is 0 Å². The second kappa shape index (κ2) is 10.3. The molecule has 0 rings (SSSR count). The molecule has 0 amide bonds. The van der Waals surface area contributed by atoms with Crippen molar-refractivity contribution in [3.05, 3.63) is 0 Å². The molecule has 100 valence electrons. The maximum absolute atomic E-state index is 11.5. The molecular weight excluding hydrogens is 216 g/mol. The van der Waals surface area contributed by atoms with E-state index in [2.05, 4.69) is 6.92 Å². The highest BCUT2D eigenvalue weighted by Gasteiger charge is 2.24. The van der Waals surface area contributed by atoms with Gasteiger partial charge >= 0.3 is 5.97 Å². The van der Waals surface area contributed by atoms with Crippen LogP contribution in [-0.2, 0) is 14.3 Å². The van der Waals surface area contributed by atoms with Gasteiger partial charge in [0.05, 0.1) is 13.0 Å². The monoisotopic (exact) mass is 242 g/mol. The van der Waals surface area contributed by atoms with Gasteiger partial charge in [-0.1, -0.05) is 52.4 Å². The van der Waals surface area contributed by atoms with Gasteiger partial charge in [0.1, 0.15) is 6.29 Å². The summed E-state index contributed by atoms with van der Waals surface area (Å²) in [4.78, 5) is 22.2. The number of hydrogen-bond acceptors (Lipinski definition) is 3. The quantitative estimate of drug-likeness (QED) is 0.335. The minimum Gasteiger partial charge on any atom is -0.469 e. The minimum absolute atomic E-state index is 0.238. The number of hydrogen-bond donors (Lipinski definition) is 0. The molecule has 0 aliphatic carbocycles. The van der Waals surface area contributed by atoms with Crippen molar-refractivity contribution in [3.8, 4) is 0 Å². The van der Waals surface area contributed by atoms with Gasteiger partial charge in [0, 0.05) is 5.92 Å². The average molecular weight is 242 g/mol. The van der Waals surface area contributed by atoms with Crippen LogP contribution in [0.4, 0.5) is 0 Å². The molecule has 0 bridgehead atoms. The zero-order chi connectivity index (χ0) is 13.1. The van der Waals surface area contributed by atoms with Gasteiger partial charge in [-0.2, -0.15) is 0 Å². The highest BCUT2D eigenvalue weighted by Crippen LogP contribution is 2.20. The van der Waals surface area contributed by atoms with Crippen molar-refractivity contribution in [2.45, 2.75) is 58.8 Å². The molecule has 0 aromatic heterocycles. The zero-order valence-corrected chi connectivity index (χ0v) is 11.4. The first-order valence-electron chi connectivity index (χ1n) is 6.70. The Bertz CT molecular complexity index is 214. The van der Waals surface area contributed by atoms with Crippen LogP contribution >= 0.6 is 0 Å². The Morgan fingerprint density at radius 3 is 2.29 bits per heavy atom. The molecule has 2 unspecified atom stereocenters. The van der Waals surface area contributed by atoms with Crippen molar-refractivity contribution in [1.82, 2.24) is 0 Å². The predicted octanol–water partition coefficient (Wildman–Crippen LogP) is 3.36. The van der Waals surface area contributed by atoms with E-state index in [9.17, 15) is 9.59 Å². The Labute approximate surface area is 105 Å². The van der Waals surface area contributed by atoms with Gasteiger partial charge < -0.3 is 9.53 Å². The molecule has 0 fully saturated rings. The lowest BCUT2D eigenvalue weighted by Crippen LogP contribution is -2.24. The van der Waals surface area contributed by atoms with Gasteiger partial charge in [-0.05, 0) is 6.42 Å². The van der Waals surface area contributed by atoms with Crippen LogP contribution < -0.4 is 0 Å². The van der Waals surface area contributed by atoms with E-state index in [4.69, 9.17) is 4.74 Å². The molecule has 0 saturated carbocycles. The third-order valence-corrected chi connectivity index (χ3v) is 3.22. The molecule has 0 aromatic rings. The van der Waals surface area contributed by atoms with Crippen molar-refractivity contribution in [2.75, 3.05) is 7.11 Å². The first kappa shape index (κ1) is 16.1. The third-order valence-electron chi connectivity index (χ3n) is 3.22. The van der Waals surface area contributed by atoms with Crippen LogP contribution in [0.5, 0.6) is 0 Å². The molecule has 2 atom stereocenters. The van der Waals surface area contributed by atoms with E-state index >= 15 is 0 Å². The van der Waals surface area contributed by atoms with Crippen LogP contribution in [0.1, 0.15) is 58.8 Å². The van der Waals surface area contributed by atoms with E-state index in [1.54, 1.807) is 6.92 Å². The molecule has 0 radical (unpaired) electrons. The summed E-state index contributed by atoms with van der Waals surface area (Å²) in [5.74, 6) is -0.750. The molecular formula is C14H26O3. The molecule has 0 aliphatic heterocycles. The van der Waals surface area contributed by atoms with E-state index in [1.165, 1.54) is 32.8 Å². The van der Waals surface area contributed by atoms with Crippen molar-refractivity contribution >= 4 is 12.3 Å². The Balaban J connectivity index is 3.84. The zero-order valence-electron chi connectivity index (χ0n) is 11.4. The summed E-state index contributed by atoms with van der Waals surface area (Å²) in [5.41, 5.74) is 0. The van der Waals surface area contributed by atoms with Crippen LogP contribution in [0.25, 0.3) is 0 Å². The molecule has 0 spiro atoms. The number of aldehydes is 1. The molecule has 0 aromatic carbocycles. The summed E-state index contributed by atoms with van der Waals surface area (Å²) in [5, 5.41) is 0. The lowest BCUT2D eigenvalue weighted by molar-refractivity contribution is -0.148. The van der Waals surface area contributed by atoms with E-state index in [0.717, 1.165) is 25.5 Å². The first-order chi connectivity index (χ1) is 8.17. The van der Waals surface area contributed by atoms with E-state index in [-0.39, 0.29) is 17.8 Å². The Hall–Kier alpha value is -0.860. The maximum atomic E-state index is 11.5. The molecule has 17 heavy (non-hydrogen) atoms. The van der Waals surface area contributed by atoms with Gasteiger partial charge in [-0.3, -0.25) is 4.79 Å². The van der Waals surface area contributed by atoms with Gasteiger partial charge in [-0.15, -0.1) is 0 Å². The van der Waals surface area contributed by atoms with E-state index in [0.29, 0.717) is 0 Å². The molecule has 0 N–H and O–H groups in total. The summed E-state index contributed by atoms with van der Waals surface area (Å²) < 4.78 is 4.73. The normalized spacial score (nSPS) is 14.1. The maximum Gasteiger partial charge on any atom is 0.309 e. The van der Waals surface area contributed by atoms with E-state index < -0.39 is 0 Å². The molecule has 0 heterocycles. The standard InChI is InChI=1S/C14H26O3/c1-4-5-6-7-8-9-10-13(12(2)11-15)14(16)17-3/h11-13H,4-10H2,1-3H3. The molecule has 0 aliphatic rings. The Morgan fingerprint density at radius 2 is 1.76 bits per heavy atom. The Morgan fingerprint density at radius 1 is 1.18 bits per heavy atom. The fraction of sp³-hybridized carbons (Fsp3) is 0.857. The second-order valence-electron chi connectivity index (χ2n) is 4.68. The fourth-order valence-corrected chi connectivity index (χ4v) is 1.99. The Kier molecular flexibility index (Phi) is 9.78. The molecule has 0 saturated heterocycles. The first-order valence-corrected chi connectivity index (χ1v) is 6.70. The lowest BCUT2D eigenvalue weighted by atomic mass is 9.90. The number of ether oxygens (including phenoxy) is 1. The fourth-order valence-electron chi connectivity index (χ4n) is 1.99. The topological polar surface area (TPSA) is 43.4 Å². The molecule has 3 nitrogen and oxygen atoms in total. The number of esters is 1. The smallest absolute Gasteiger partial charge is 0.309 e. The number of rotatable bonds is 10. The predicted molar refractivity (Wildman–Crippen MR) is 68.7 cm³/mol. The lowest BCUT2D eigenvalue weighted by Gasteiger charge is -2.16. The summed E-state index contributed by atoms with van der Waals surface area (Å²) in [6.07, 6.45) is 8.76. The average Bonchev–Trinajstić information content (AvgIpc) is 2.36. The van der Waals surface area contributed by atoms with Crippen molar-refractivity contribution in [3.63, 3.8) is 0 Å². The number of methoxy groups -OCH3 is 1. The van der Waals surface area contributed by atoms with Crippen LogP contribution in [0, 0.1) is 11.8 Å². The van der Waals surface area contributed by atoms with Gasteiger partial charge in [0.25, 0.3) is 0 Å². The largest absolute Gasteiger partial charge is 0.469 e. The minimum atomic E-state index is -0.260. The number of carbonyl (C=O) groups excluding carboxylic acids is 2. The van der Waals surface area contributed by atoms with Crippen LogP contribution in [0.3, 0.4) is 0 Å². The number of carbonyl (C=O) groups is 2. The van der Waals surface area contributed by atoms with Crippen molar-refractivity contribution in [2.24, 2.45) is 11.8 Å². The highest BCUT2D eigenvalue weighted by molar-refractivity contribution is 5.76. The van der Waals surface area contributed by atoms with Gasteiger partial charge in [0.15, 0.2) is 0 Å². The van der Waals surface area contributed by atoms with Crippen LogP contribution in [-0.4, -0.2) is 19.4 Å². The molecule has 3 heteroatoms. The van der Waals surface area contributed by atoms with Crippen molar-refractivity contribution in [1.29, 1.82) is 0 Å². The van der Waals surface area contributed by atoms with E-state index in [1.807, 2.05) is 0 Å². The number of unbranched alkanes of at least 4 members (excludes halogenated alkanes) is 5. The van der Waals surface area contributed by atoms with Crippen molar-refractivity contribution < 1.29 is 14.3 Å². The summed E-state index contributed by atoms with van der Waals surface area (Å²) in [7, 11) is 1.38. The second-order valence-corrected chi connectivity index (χ2v) is 4.68. The highest BCUT2D eigenvalue weighted by atomic mass is 16.5. The van der Waals surface area contributed by atoms with Gasteiger partial charge in [-0.25, -0.2) is 0 Å². The summed E-state index contributed by atoms with van der Waals surface area (Å²) >= 11 is 0.